The van der Waals surface area contributed by atoms with Crippen LogP contribution in [-0.2, 0) is 24.0 Å². The monoisotopic (exact) mass is 465 g/mol. The van der Waals surface area contributed by atoms with E-state index in [-0.39, 0.29) is 19.2 Å². The first-order valence-corrected chi connectivity index (χ1v) is 13.1. The van der Waals surface area contributed by atoms with Crippen LogP contribution in [0.2, 0.25) is 0 Å². The van der Waals surface area contributed by atoms with Crippen molar-refractivity contribution < 1.29 is 25.5 Å². The van der Waals surface area contributed by atoms with Crippen molar-refractivity contribution in [3.05, 3.63) is 24.3 Å². The van der Waals surface area contributed by atoms with Crippen LogP contribution in [0, 0.1) is 23.7 Å². The largest absolute Gasteiger partial charge is 0.349 e. The fourth-order valence-corrected chi connectivity index (χ4v) is 6.29. The molecule has 0 unspecified atom stereocenters. The van der Waals surface area contributed by atoms with Gasteiger partial charge >= 0.3 is 0 Å². The Balaban J connectivity index is 0.000000194. The van der Waals surface area contributed by atoms with Crippen LogP contribution in [0.5, 0.6) is 0 Å². The minimum atomic E-state index is -0.627. The number of hydrogen-bond acceptors (Lipinski definition) is 6. The Labute approximate surface area is 197 Å². The number of benzene rings is 1. The molecule has 32 heavy (non-hydrogen) atoms. The number of anilines is 1. The molecule has 2 bridgehead atoms. The lowest BCUT2D eigenvalue weighted by molar-refractivity contribution is -0.566. The van der Waals surface area contributed by atoms with E-state index >= 15 is 0 Å². The molecule has 0 radical (unpaired) electrons. The van der Waals surface area contributed by atoms with Gasteiger partial charge in [-0.15, -0.1) is 11.8 Å². The Morgan fingerprint density at radius 3 is 2.72 bits per heavy atom. The third-order valence-electron chi connectivity index (χ3n) is 7.65. The van der Waals surface area contributed by atoms with Gasteiger partial charge in [-0.2, -0.15) is 0 Å². The van der Waals surface area contributed by atoms with Gasteiger partial charge in [0.2, 0.25) is 11.7 Å². The molecule has 1 aliphatic carbocycles. The summed E-state index contributed by atoms with van der Waals surface area (Å²) in [4.78, 5) is 24.0. The molecule has 7 heteroatoms. The molecule has 6 rings (SSSR count). The van der Waals surface area contributed by atoms with Crippen molar-refractivity contribution in [3.8, 4) is 0 Å². The quantitative estimate of drug-likeness (QED) is 0.445. The molecule has 1 amide bonds. The SMILES string of the molecule is CCC(=O)Nc1cccc(SC)c1.C[C@@H]1CC[C@H]2[C@@H](C)CO[C@@H]3O[C@@]4(C)CC[C@@H]1[C@]32OO4.[HH]. The van der Waals surface area contributed by atoms with Crippen molar-refractivity contribution >= 4 is 23.4 Å². The highest BCUT2D eigenvalue weighted by Gasteiger charge is 2.67. The van der Waals surface area contributed by atoms with Crippen molar-refractivity contribution in [3.63, 3.8) is 0 Å². The van der Waals surface area contributed by atoms with E-state index in [1.165, 1.54) is 12.8 Å². The number of thioether (sulfide) groups is 1. The molecule has 4 heterocycles. The Morgan fingerprint density at radius 2 is 1.97 bits per heavy atom. The van der Waals surface area contributed by atoms with E-state index < -0.39 is 5.79 Å². The minimum Gasteiger partial charge on any atom is -0.349 e. The van der Waals surface area contributed by atoms with E-state index in [9.17, 15) is 4.79 Å². The van der Waals surface area contributed by atoms with Gasteiger partial charge < -0.3 is 14.8 Å². The summed E-state index contributed by atoms with van der Waals surface area (Å²) >= 11 is 1.67. The van der Waals surface area contributed by atoms with Crippen molar-refractivity contribution in [2.24, 2.45) is 23.7 Å². The summed E-state index contributed by atoms with van der Waals surface area (Å²) in [5.74, 6) is 1.58. The lowest BCUT2D eigenvalue weighted by atomic mass is 9.58. The Kier molecular flexibility index (Phi) is 7.23. The van der Waals surface area contributed by atoms with E-state index in [2.05, 4.69) is 19.2 Å². The highest BCUT2D eigenvalue weighted by molar-refractivity contribution is 7.98. The fourth-order valence-electron chi connectivity index (χ4n) is 5.83. The highest BCUT2D eigenvalue weighted by Crippen LogP contribution is 2.59. The molecule has 1 aromatic rings. The molecule has 6 nitrogen and oxygen atoms in total. The van der Waals surface area contributed by atoms with Crippen LogP contribution >= 0.6 is 11.8 Å². The highest BCUT2D eigenvalue weighted by atomic mass is 32.2. The third kappa shape index (κ3) is 4.47. The summed E-state index contributed by atoms with van der Waals surface area (Å²) in [5.41, 5.74) is 0.504. The summed E-state index contributed by atoms with van der Waals surface area (Å²) in [6.07, 6.45) is 6.77. The van der Waals surface area contributed by atoms with Crippen LogP contribution in [-0.4, -0.2) is 36.4 Å². The maximum absolute atomic E-state index is 11.1. The maximum atomic E-state index is 11.1. The molecule has 1 spiro atoms. The number of ether oxygens (including phenoxy) is 2. The van der Waals surface area contributed by atoms with Crippen molar-refractivity contribution in [2.75, 3.05) is 18.2 Å². The van der Waals surface area contributed by atoms with Gasteiger partial charge in [-0.3, -0.25) is 4.79 Å². The maximum Gasteiger partial charge on any atom is 0.224 e. The fraction of sp³-hybridized carbons (Fsp3) is 0.720. The predicted octanol–water partition coefficient (Wildman–Crippen LogP) is 5.87. The molecule has 180 valence electrons. The van der Waals surface area contributed by atoms with Crippen molar-refractivity contribution in [2.45, 2.75) is 82.4 Å². The zero-order valence-electron chi connectivity index (χ0n) is 19.9. The molecule has 1 aromatic carbocycles. The van der Waals surface area contributed by atoms with E-state index in [0.29, 0.717) is 30.1 Å². The molecule has 1 saturated carbocycles. The van der Waals surface area contributed by atoms with Crippen molar-refractivity contribution in [1.82, 2.24) is 0 Å². The van der Waals surface area contributed by atoms with Crippen molar-refractivity contribution in [1.29, 1.82) is 0 Å². The first-order valence-electron chi connectivity index (χ1n) is 11.9. The molecule has 4 saturated heterocycles. The second-order valence-corrected chi connectivity index (χ2v) is 10.7. The molecule has 0 aromatic heterocycles. The zero-order valence-corrected chi connectivity index (χ0v) is 20.7. The van der Waals surface area contributed by atoms with Gasteiger partial charge in [0, 0.05) is 30.8 Å². The predicted molar refractivity (Wildman–Crippen MR) is 127 cm³/mol. The number of carbonyl (C=O) groups excluding carboxylic acids is 1. The summed E-state index contributed by atoms with van der Waals surface area (Å²) < 4.78 is 12.2. The standard InChI is InChI=1S/C15H24O4.C10H13NOS.H2/c1-9-4-5-11-10(2)8-16-13-15(11)12(9)6-7-14(3,17-13)18-19-15;1-3-10(12)11-8-5-4-6-9(7-8)13-2;/h9-13H,4-8H2,1-3H3;4-7H,3H2,1-2H3,(H,11,12);1H/t9-,10+,11+,12+,13-,14-,15+;;/m1../s1. The van der Waals surface area contributed by atoms with Gasteiger partial charge in [0.05, 0.1) is 6.61 Å². The van der Waals surface area contributed by atoms with Gasteiger partial charge in [-0.25, -0.2) is 9.78 Å². The van der Waals surface area contributed by atoms with Crippen LogP contribution in [0.4, 0.5) is 5.69 Å². The number of hydrogen-bond donors (Lipinski definition) is 1. The number of nitrogens with one attached hydrogen (secondary N) is 1. The number of rotatable bonds is 3. The topological polar surface area (TPSA) is 66.0 Å². The molecule has 7 atom stereocenters. The second kappa shape index (κ2) is 9.63. The first-order chi connectivity index (χ1) is 15.3. The number of carbonyl (C=O) groups is 1. The lowest BCUT2D eigenvalue weighted by Gasteiger charge is -2.58. The summed E-state index contributed by atoms with van der Waals surface area (Å²) in [6.45, 7) is 9.20. The van der Waals surface area contributed by atoms with Crippen LogP contribution in [0.15, 0.2) is 29.2 Å². The number of fused-ring (bicyclic) bond motifs is 2. The van der Waals surface area contributed by atoms with E-state index in [4.69, 9.17) is 19.2 Å². The van der Waals surface area contributed by atoms with Gasteiger partial charge in [0.25, 0.3) is 0 Å². The van der Waals surface area contributed by atoms with Gasteiger partial charge in [0.1, 0.15) is 0 Å². The van der Waals surface area contributed by atoms with Gasteiger partial charge in [0.15, 0.2) is 11.9 Å². The molecule has 4 aliphatic heterocycles. The van der Waals surface area contributed by atoms with Crippen LogP contribution in [0.3, 0.4) is 0 Å². The molecule has 5 fully saturated rings. The zero-order chi connectivity index (χ0) is 22.9. The molecular formula is C25H39NO5S. The summed E-state index contributed by atoms with van der Waals surface area (Å²) in [6, 6.07) is 7.83. The molecular weight excluding hydrogens is 426 g/mol. The average molecular weight is 466 g/mol. The lowest BCUT2D eigenvalue weighted by Crippen LogP contribution is -2.68. The van der Waals surface area contributed by atoms with Crippen LogP contribution in [0.25, 0.3) is 0 Å². The Hall–Kier alpha value is -1.12. The Morgan fingerprint density at radius 1 is 1.19 bits per heavy atom. The second-order valence-electron chi connectivity index (χ2n) is 9.85. The van der Waals surface area contributed by atoms with Gasteiger partial charge in [-0.1, -0.05) is 26.8 Å². The van der Waals surface area contributed by atoms with Crippen LogP contribution < -0.4 is 5.32 Å². The Bertz CT molecular complexity index is 828. The third-order valence-corrected chi connectivity index (χ3v) is 8.37. The van der Waals surface area contributed by atoms with E-state index in [1.807, 2.05) is 44.4 Å². The summed E-state index contributed by atoms with van der Waals surface area (Å²) in [5, 5.41) is 2.81. The smallest absolute Gasteiger partial charge is 0.224 e. The normalized spacial score (nSPS) is 39.8. The summed E-state index contributed by atoms with van der Waals surface area (Å²) in [7, 11) is 0. The molecule has 1 N–H and O–H groups in total. The van der Waals surface area contributed by atoms with Gasteiger partial charge in [-0.05, 0) is 68.4 Å². The number of amides is 1. The first kappa shape index (κ1) is 24.0. The van der Waals surface area contributed by atoms with Crippen LogP contribution in [0.1, 0.15) is 61.2 Å². The minimum absolute atomic E-state index is 0. The van der Waals surface area contributed by atoms with E-state index in [1.54, 1.807) is 11.8 Å². The van der Waals surface area contributed by atoms with E-state index in [0.717, 1.165) is 30.0 Å². The molecule has 5 aliphatic rings. The average Bonchev–Trinajstić information content (AvgIpc) is 3.03.